The second-order valence-corrected chi connectivity index (χ2v) is 5.69. The summed E-state index contributed by atoms with van der Waals surface area (Å²) >= 11 is 0. The van der Waals surface area contributed by atoms with Crippen LogP contribution in [0, 0.1) is 6.92 Å². The third-order valence-electron chi connectivity index (χ3n) is 3.67. The van der Waals surface area contributed by atoms with E-state index < -0.39 is 0 Å². The fourth-order valence-electron chi connectivity index (χ4n) is 2.40. The third-order valence-corrected chi connectivity index (χ3v) is 3.67. The summed E-state index contributed by atoms with van der Waals surface area (Å²) in [5, 5.41) is 7.64. The van der Waals surface area contributed by atoms with E-state index in [1.165, 1.54) is 0 Å². The first-order valence-corrected chi connectivity index (χ1v) is 7.39. The lowest BCUT2D eigenvalue weighted by molar-refractivity contribution is -0.135. The second-order valence-electron chi connectivity index (χ2n) is 5.69. The molecule has 1 aliphatic rings. The molecule has 0 aromatic carbocycles. The Balaban J connectivity index is 2.11. The molecule has 1 aliphatic heterocycles. The predicted octanol–water partition coefficient (Wildman–Crippen LogP) is 1.01. The quantitative estimate of drug-likeness (QED) is 0.866. The number of hydrogen-bond acceptors (Lipinski definition) is 5. The Morgan fingerprint density at radius 1 is 1.33 bits per heavy atom. The number of morpholine rings is 1. The molecular formula is C14H25N5O2. The normalized spacial score (nSPS) is 17.1. The lowest BCUT2D eigenvalue weighted by Gasteiger charge is -2.30. The molecule has 0 bridgehead atoms. The summed E-state index contributed by atoms with van der Waals surface area (Å²) in [6, 6.07) is -0.173. The molecule has 1 amide bonds. The number of rotatable bonds is 4. The van der Waals surface area contributed by atoms with Crippen LogP contribution in [0.5, 0.6) is 0 Å². The van der Waals surface area contributed by atoms with Crippen molar-refractivity contribution >= 4 is 17.4 Å². The Labute approximate surface area is 125 Å². The Morgan fingerprint density at radius 2 is 1.95 bits per heavy atom. The molecule has 1 unspecified atom stereocenters. The molecule has 1 aromatic rings. The van der Waals surface area contributed by atoms with E-state index in [4.69, 9.17) is 10.5 Å². The highest BCUT2D eigenvalue weighted by Gasteiger charge is 2.25. The van der Waals surface area contributed by atoms with Crippen LogP contribution in [-0.2, 0) is 9.53 Å². The number of hydrogen-bond donors (Lipinski definition) is 2. The van der Waals surface area contributed by atoms with Gasteiger partial charge in [0.2, 0.25) is 5.91 Å². The number of nitrogens with two attached hydrogens (primary N) is 1. The summed E-state index contributed by atoms with van der Waals surface area (Å²) in [6.07, 6.45) is 0. The number of aryl methyl sites for hydroxylation is 1. The van der Waals surface area contributed by atoms with E-state index in [1.54, 1.807) is 0 Å². The van der Waals surface area contributed by atoms with Gasteiger partial charge in [-0.15, -0.1) is 0 Å². The maximum Gasteiger partial charge on any atom is 0.244 e. The minimum atomic E-state index is -0.348. The van der Waals surface area contributed by atoms with Gasteiger partial charge in [-0.05, 0) is 27.7 Å². The molecule has 1 atom stereocenters. The highest BCUT2D eigenvalue weighted by atomic mass is 16.5. The largest absolute Gasteiger partial charge is 0.394 e. The molecule has 2 heterocycles. The van der Waals surface area contributed by atoms with Crippen LogP contribution in [0.2, 0.25) is 0 Å². The molecular weight excluding hydrogens is 270 g/mol. The monoisotopic (exact) mass is 295 g/mol. The van der Waals surface area contributed by atoms with Crippen LogP contribution in [0.1, 0.15) is 32.5 Å². The van der Waals surface area contributed by atoms with Gasteiger partial charge in [0.1, 0.15) is 11.9 Å². The molecule has 7 nitrogen and oxygen atoms in total. The maximum atomic E-state index is 12.4. The van der Waals surface area contributed by atoms with Gasteiger partial charge < -0.3 is 20.7 Å². The highest BCUT2D eigenvalue weighted by molar-refractivity contribution is 5.85. The van der Waals surface area contributed by atoms with Crippen LogP contribution in [0.3, 0.4) is 0 Å². The van der Waals surface area contributed by atoms with Crippen LogP contribution < -0.4 is 11.1 Å². The van der Waals surface area contributed by atoms with Crippen molar-refractivity contribution in [1.29, 1.82) is 0 Å². The van der Waals surface area contributed by atoms with Gasteiger partial charge in [0, 0.05) is 19.1 Å². The fraction of sp³-hybridized carbons (Fsp3) is 0.714. The summed E-state index contributed by atoms with van der Waals surface area (Å²) in [5.41, 5.74) is 7.45. The number of nitrogens with one attached hydrogen (secondary N) is 1. The molecule has 1 aromatic heterocycles. The van der Waals surface area contributed by atoms with Crippen LogP contribution in [0.15, 0.2) is 0 Å². The van der Waals surface area contributed by atoms with E-state index in [-0.39, 0.29) is 18.0 Å². The molecule has 7 heteroatoms. The molecule has 2 rings (SSSR count). The summed E-state index contributed by atoms with van der Waals surface area (Å²) < 4.78 is 7.10. The van der Waals surface area contributed by atoms with Gasteiger partial charge in [-0.2, -0.15) is 5.10 Å². The molecule has 118 valence electrons. The second kappa shape index (κ2) is 6.34. The standard InChI is InChI=1S/C14H25N5O2/c1-9(2)19-13(12(15)10(3)17-19)16-11(4)14(20)18-5-7-21-8-6-18/h9,11,16H,5-8,15H2,1-4H3. The first-order chi connectivity index (χ1) is 9.91. The van der Waals surface area contributed by atoms with Gasteiger partial charge in [0.05, 0.1) is 24.6 Å². The van der Waals surface area contributed by atoms with Gasteiger partial charge in [-0.1, -0.05) is 0 Å². The zero-order valence-corrected chi connectivity index (χ0v) is 13.2. The van der Waals surface area contributed by atoms with Gasteiger partial charge in [0.15, 0.2) is 0 Å². The molecule has 0 saturated carbocycles. The summed E-state index contributed by atoms with van der Waals surface area (Å²) in [6.45, 7) is 10.3. The maximum absolute atomic E-state index is 12.4. The average Bonchev–Trinajstić information content (AvgIpc) is 2.76. The van der Waals surface area contributed by atoms with Crippen molar-refractivity contribution < 1.29 is 9.53 Å². The molecule has 1 saturated heterocycles. The Hall–Kier alpha value is -1.76. The first kappa shape index (κ1) is 15.6. The molecule has 0 radical (unpaired) electrons. The van der Waals surface area contributed by atoms with Crippen molar-refractivity contribution in [2.45, 2.75) is 39.8 Å². The van der Waals surface area contributed by atoms with Gasteiger partial charge in [-0.25, -0.2) is 4.68 Å². The smallest absolute Gasteiger partial charge is 0.244 e. The SMILES string of the molecule is Cc1nn(C(C)C)c(NC(C)C(=O)N2CCOCC2)c1N. The van der Waals surface area contributed by atoms with Gasteiger partial charge in [-0.3, -0.25) is 4.79 Å². The van der Waals surface area contributed by atoms with Gasteiger partial charge >= 0.3 is 0 Å². The number of carbonyl (C=O) groups is 1. The summed E-state index contributed by atoms with van der Waals surface area (Å²) in [7, 11) is 0. The Bertz CT molecular complexity index is 506. The third kappa shape index (κ3) is 3.29. The van der Waals surface area contributed by atoms with Crippen molar-refractivity contribution in [1.82, 2.24) is 14.7 Å². The van der Waals surface area contributed by atoms with Crippen LogP contribution in [-0.4, -0.2) is 52.9 Å². The highest BCUT2D eigenvalue weighted by Crippen LogP contribution is 2.26. The van der Waals surface area contributed by atoms with E-state index in [0.717, 1.165) is 11.5 Å². The lowest BCUT2D eigenvalue weighted by atomic mass is 10.2. The molecule has 0 aliphatic carbocycles. The van der Waals surface area contributed by atoms with Crippen molar-refractivity contribution in [2.75, 3.05) is 37.4 Å². The average molecular weight is 295 g/mol. The minimum absolute atomic E-state index is 0.0619. The first-order valence-electron chi connectivity index (χ1n) is 7.39. The predicted molar refractivity (Wildman–Crippen MR) is 82.2 cm³/mol. The Kier molecular flexibility index (Phi) is 4.72. The van der Waals surface area contributed by atoms with E-state index in [2.05, 4.69) is 10.4 Å². The fourth-order valence-corrected chi connectivity index (χ4v) is 2.40. The topological polar surface area (TPSA) is 85.4 Å². The molecule has 1 fully saturated rings. The number of nitrogens with zero attached hydrogens (tertiary/aromatic N) is 3. The number of aromatic nitrogens is 2. The minimum Gasteiger partial charge on any atom is -0.394 e. The zero-order valence-electron chi connectivity index (χ0n) is 13.2. The van der Waals surface area contributed by atoms with Crippen molar-refractivity contribution in [3.8, 4) is 0 Å². The number of nitrogen functional groups attached to an aromatic ring is 1. The number of carbonyl (C=O) groups excluding carboxylic acids is 1. The lowest BCUT2D eigenvalue weighted by Crippen LogP contribution is -2.47. The van der Waals surface area contributed by atoms with E-state index in [0.29, 0.717) is 32.0 Å². The number of amides is 1. The number of anilines is 2. The van der Waals surface area contributed by atoms with Crippen molar-refractivity contribution in [2.24, 2.45) is 0 Å². The van der Waals surface area contributed by atoms with E-state index in [1.807, 2.05) is 37.3 Å². The molecule has 3 N–H and O–H groups in total. The van der Waals surface area contributed by atoms with Crippen molar-refractivity contribution in [3.63, 3.8) is 0 Å². The summed E-state index contributed by atoms with van der Waals surface area (Å²) in [5.74, 6) is 0.781. The summed E-state index contributed by atoms with van der Waals surface area (Å²) in [4.78, 5) is 14.3. The van der Waals surface area contributed by atoms with E-state index in [9.17, 15) is 4.79 Å². The zero-order chi connectivity index (χ0) is 15.6. The van der Waals surface area contributed by atoms with E-state index >= 15 is 0 Å². The van der Waals surface area contributed by atoms with Gasteiger partial charge in [0.25, 0.3) is 0 Å². The molecule has 0 spiro atoms. The van der Waals surface area contributed by atoms with Crippen molar-refractivity contribution in [3.05, 3.63) is 5.69 Å². The molecule has 21 heavy (non-hydrogen) atoms. The van der Waals surface area contributed by atoms with Crippen LogP contribution >= 0.6 is 0 Å². The number of ether oxygens (including phenoxy) is 1. The van der Waals surface area contributed by atoms with Crippen LogP contribution in [0.4, 0.5) is 11.5 Å². The van der Waals surface area contributed by atoms with Crippen LogP contribution in [0.25, 0.3) is 0 Å². The Morgan fingerprint density at radius 3 is 2.52 bits per heavy atom.